The molecule has 12 heteroatoms. The summed E-state index contributed by atoms with van der Waals surface area (Å²) in [6.07, 6.45) is -4.66. The summed E-state index contributed by atoms with van der Waals surface area (Å²) in [5, 5.41) is 2.00. The number of fused-ring (bicyclic) bond motifs is 1. The molecule has 3 N–H and O–H groups in total. The molecule has 2 rings (SSSR count). The average molecular weight is 437 g/mol. The molecule has 0 atom stereocenters. The molecule has 1 aromatic heterocycles. The molecule has 27 heavy (non-hydrogen) atoms. The van der Waals surface area contributed by atoms with E-state index in [1.165, 1.54) is 12.1 Å². The number of benzene rings is 1. The van der Waals surface area contributed by atoms with Crippen LogP contribution in [0.3, 0.4) is 0 Å². The van der Waals surface area contributed by atoms with E-state index in [2.05, 4.69) is 4.98 Å². The van der Waals surface area contributed by atoms with Gasteiger partial charge in [0.2, 0.25) is 5.82 Å². The summed E-state index contributed by atoms with van der Waals surface area (Å²) in [4.78, 5) is 15.5. The van der Waals surface area contributed by atoms with Gasteiger partial charge in [-0.2, -0.15) is 13.2 Å². The number of nitrogens with one attached hydrogen (secondary N) is 1. The molecular formula is C15H19Cl2F5N4O. The van der Waals surface area contributed by atoms with Crippen LogP contribution in [0.4, 0.5) is 22.0 Å². The van der Waals surface area contributed by atoms with Crippen LogP contribution in [0.25, 0.3) is 11.0 Å². The highest BCUT2D eigenvalue weighted by Gasteiger charge is 2.38. The first-order chi connectivity index (χ1) is 11.5. The minimum Gasteiger partial charge on any atom is -0.346 e. The number of hydrogen-bond donors (Lipinski definition) is 2. The first-order valence-corrected chi connectivity index (χ1v) is 7.41. The second-order valence-electron chi connectivity index (χ2n) is 5.84. The van der Waals surface area contributed by atoms with E-state index in [4.69, 9.17) is 5.73 Å². The van der Waals surface area contributed by atoms with Crippen LogP contribution in [0.5, 0.6) is 0 Å². The summed E-state index contributed by atoms with van der Waals surface area (Å²) >= 11 is 0. The molecule has 1 amide bonds. The van der Waals surface area contributed by atoms with E-state index in [0.717, 1.165) is 10.6 Å². The van der Waals surface area contributed by atoms with Gasteiger partial charge in [0.1, 0.15) is 0 Å². The molecule has 0 aliphatic heterocycles. The highest BCUT2D eigenvalue weighted by atomic mass is 35.5. The Morgan fingerprint density at radius 1 is 1.22 bits per heavy atom. The van der Waals surface area contributed by atoms with Crippen molar-refractivity contribution < 1.29 is 26.7 Å². The van der Waals surface area contributed by atoms with E-state index in [0.29, 0.717) is 0 Å². The number of amides is 1. The molecule has 5 nitrogen and oxygen atoms in total. The minimum absolute atomic E-state index is 0. The van der Waals surface area contributed by atoms with Crippen LogP contribution in [0.2, 0.25) is 0 Å². The van der Waals surface area contributed by atoms with Crippen molar-refractivity contribution >= 4 is 41.8 Å². The number of nitrogens with two attached hydrogens (primary N) is 1. The minimum atomic E-state index is -4.66. The van der Waals surface area contributed by atoms with Crippen LogP contribution in [0, 0.1) is 0 Å². The number of halogens is 7. The second-order valence-corrected chi connectivity index (χ2v) is 5.84. The predicted molar refractivity (Wildman–Crippen MR) is 96.0 cm³/mol. The van der Waals surface area contributed by atoms with Crippen molar-refractivity contribution in [1.29, 1.82) is 0 Å². The summed E-state index contributed by atoms with van der Waals surface area (Å²) in [5.41, 5.74) is 4.96. The van der Waals surface area contributed by atoms with E-state index in [9.17, 15) is 26.7 Å². The number of carbonyl (C=O) groups excluding carboxylic acids is 1. The molecule has 154 valence electrons. The summed E-state index contributed by atoms with van der Waals surface area (Å²) in [6, 6.07) is 3.20. The lowest BCUT2D eigenvalue weighted by Crippen LogP contribution is -2.41. The molecule has 0 spiro atoms. The number of aromatic nitrogens is 2. The highest BCUT2D eigenvalue weighted by molar-refractivity contribution is 5.97. The van der Waals surface area contributed by atoms with E-state index >= 15 is 0 Å². The van der Waals surface area contributed by atoms with Crippen molar-refractivity contribution in [1.82, 2.24) is 14.9 Å². The summed E-state index contributed by atoms with van der Waals surface area (Å²) in [6.45, 7) is 1.26. The molecule has 0 aliphatic carbocycles. The van der Waals surface area contributed by atoms with Gasteiger partial charge in [-0.15, -0.1) is 24.8 Å². The van der Waals surface area contributed by atoms with E-state index in [1.807, 2.05) is 5.32 Å². The van der Waals surface area contributed by atoms with Gasteiger partial charge in [-0.05, 0) is 32.0 Å². The fourth-order valence-electron chi connectivity index (χ4n) is 2.35. The van der Waals surface area contributed by atoms with Crippen molar-refractivity contribution in [3.05, 3.63) is 29.6 Å². The fraction of sp³-hybridized carbons (Fsp3) is 0.467. The van der Waals surface area contributed by atoms with Gasteiger partial charge < -0.3 is 15.6 Å². The lowest BCUT2D eigenvalue weighted by Gasteiger charge is -2.15. The Bertz CT molecular complexity index is 792. The molecule has 0 bridgehead atoms. The monoisotopic (exact) mass is 436 g/mol. The summed E-state index contributed by atoms with van der Waals surface area (Å²) in [5.74, 6) is -5.19. The van der Waals surface area contributed by atoms with E-state index in [1.54, 1.807) is 13.8 Å². The maximum Gasteiger partial charge on any atom is 0.449 e. The smallest absolute Gasteiger partial charge is 0.346 e. The molecule has 0 fully saturated rings. The summed E-state index contributed by atoms with van der Waals surface area (Å²) < 4.78 is 66.6. The Kier molecular flexibility index (Phi) is 8.48. The number of hydrogen-bond acceptors (Lipinski definition) is 3. The molecule has 1 heterocycles. The number of nitrogens with zero attached hydrogens (tertiary/aromatic N) is 2. The molecular weight excluding hydrogens is 418 g/mol. The Hall–Kier alpha value is -1.65. The van der Waals surface area contributed by atoms with Gasteiger partial charge in [0.25, 0.3) is 11.8 Å². The van der Waals surface area contributed by atoms with Crippen LogP contribution < -0.4 is 11.1 Å². The number of imidazole rings is 1. The SMILES string of the molecule is CC(C)n1c(C(F)(F)F)nc2cc(C(=O)NCC(F)(F)CN)ccc21.Cl.Cl. The number of rotatable bonds is 5. The molecule has 0 unspecified atom stereocenters. The van der Waals surface area contributed by atoms with Crippen molar-refractivity contribution in [3.8, 4) is 0 Å². The average Bonchev–Trinajstić information content (AvgIpc) is 2.91. The molecule has 2 aromatic rings. The predicted octanol–water partition coefficient (Wildman–Crippen LogP) is 3.80. The Balaban J connectivity index is 0.00000338. The Labute approximate surface area is 164 Å². The van der Waals surface area contributed by atoms with Crippen LogP contribution in [-0.4, -0.2) is 34.5 Å². The van der Waals surface area contributed by atoms with Gasteiger partial charge in [-0.3, -0.25) is 4.79 Å². The molecule has 0 saturated carbocycles. The molecule has 0 radical (unpaired) electrons. The van der Waals surface area contributed by atoms with Crippen LogP contribution >= 0.6 is 24.8 Å². The first-order valence-electron chi connectivity index (χ1n) is 7.41. The van der Waals surface area contributed by atoms with Crippen molar-refractivity contribution in [2.75, 3.05) is 13.1 Å². The fourth-order valence-corrected chi connectivity index (χ4v) is 2.35. The maximum absolute atomic E-state index is 13.1. The standard InChI is InChI=1S/C15H17F5N4O.2ClH/c1-8(2)24-11-4-3-9(12(25)22-7-14(16,17)6-21)5-10(11)23-13(24)15(18,19)20;;/h3-5,8H,6-7,21H2,1-2H3,(H,22,25);2*1H. The van der Waals surface area contributed by atoms with Gasteiger partial charge in [0.15, 0.2) is 0 Å². The van der Waals surface area contributed by atoms with Gasteiger partial charge in [0, 0.05) is 11.6 Å². The van der Waals surface area contributed by atoms with Crippen molar-refractivity contribution in [2.24, 2.45) is 5.73 Å². The molecule has 0 saturated heterocycles. The zero-order valence-electron chi connectivity index (χ0n) is 14.3. The number of alkyl halides is 5. The second kappa shape index (κ2) is 9.03. The lowest BCUT2D eigenvalue weighted by molar-refractivity contribution is -0.147. The zero-order valence-corrected chi connectivity index (χ0v) is 15.9. The normalized spacial score (nSPS) is 11.9. The third kappa shape index (κ3) is 5.66. The van der Waals surface area contributed by atoms with Crippen molar-refractivity contribution in [3.63, 3.8) is 0 Å². The third-order valence-corrected chi connectivity index (χ3v) is 3.53. The topological polar surface area (TPSA) is 72.9 Å². The van der Waals surface area contributed by atoms with Gasteiger partial charge >= 0.3 is 6.18 Å². The van der Waals surface area contributed by atoms with Gasteiger partial charge in [0.05, 0.1) is 24.1 Å². The molecule has 1 aromatic carbocycles. The van der Waals surface area contributed by atoms with Crippen LogP contribution in [0.1, 0.15) is 36.1 Å². The zero-order chi connectivity index (χ0) is 19.0. The quantitative estimate of drug-likeness (QED) is 0.700. The Morgan fingerprint density at radius 3 is 2.30 bits per heavy atom. The van der Waals surface area contributed by atoms with Crippen LogP contribution in [-0.2, 0) is 6.18 Å². The van der Waals surface area contributed by atoms with Crippen molar-refractivity contribution in [2.45, 2.75) is 32.0 Å². The van der Waals surface area contributed by atoms with E-state index < -0.39 is 43.0 Å². The lowest BCUT2D eigenvalue weighted by atomic mass is 10.1. The largest absolute Gasteiger partial charge is 0.449 e. The Morgan fingerprint density at radius 2 is 1.81 bits per heavy atom. The first kappa shape index (κ1) is 25.4. The maximum atomic E-state index is 13.1. The summed E-state index contributed by atoms with van der Waals surface area (Å²) in [7, 11) is 0. The number of carbonyl (C=O) groups is 1. The van der Waals surface area contributed by atoms with Crippen LogP contribution in [0.15, 0.2) is 18.2 Å². The van der Waals surface area contributed by atoms with Gasteiger partial charge in [-0.25, -0.2) is 13.8 Å². The third-order valence-electron chi connectivity index (χ3n) is 3.53. The van der Waals surface area contributed by atoms with E-state index in [-0.39, 0.29) is 41.4 Å². The van der Waals surface area contributed by atoms with Gasteiger partial charge in [-0.1, -0.05) is 0 Å². The molecule has 0 aliphatic rings. The highest BCUT2D eigenvalue weighted by Crippen LogP contribution is 2.33.